The van der Waals surface area contributed by atoms with E-state index in [-0.39, 0.29) is 42.0 Å². The highest BCUT2D eigenvalue weighted by Gasteiger charge is 2.40. The van der Waals surface area contributed by atoms with Crippen LogP contribution >= 0.6 is 24.8 Å². The van der Waals surface area contributed by atoms with E-state index >= 15 is 0 Å². The second-order valence-electron chi connectivity index (χ2n) is 8.30. The average Bonchev–Trinajstić information content (AvgIpc) is 2.56. The standard InChI is InChI=1S/C21H28N2O3.2ClH/c1-14-7-18-16(9-20(25)26-19(18)8-15(14)2)11-23-12-17(24)10-21(13-23)3-5-22-6-4-21;;/h7-9,17,22,24H,3-6,10-13H2,1-2H3;2*1H. The second-order valence-corrected chi connectivity index (χ2v) is 8.30. The topological polar surface area (TPSA) is 65.7 Å². The second kappa shape index (κ2) is 9.14. The van der Waals surface area contributed by atoms with Gasteiger partial charge in [-0.15, -0.1) is 24.8 Å². The summed E-state index contributed by atoms with van der Waals surface area (Å²) < 4.78 is 5.43. The van der Waals surface area contributed by atoms with Gasteiger partial charge in [-0.25, -0.2) is 4.79 Å². The smallest absolute Gasteiger partial charge is 0.336 e. The van der Waals surface area contributed by atoms with Crippen LogP contribution in [0.3, 0.4) is 0 Å². The van der Waals surface area contributed by atoms with Gasteiger partial charge < -0.3 is 14.8 Å². The van der Waals surface area contributed by atoms with Gasteiger partial charge in [0.05, 0.1) is 6.10 Å². The van der Waals surface area contributed by atoms with Gasteiger partial charge in [0, 0.05) is 31.1 Å². The lowest BCUT2D eigenvalue weighted by Crippen LogP contribution is -2.52. The summed E-state index contributed by atoms with van der Waals surface area (Å²) in [6.07, 6.45) is 2.81. The average molecular weight is 429 g/mol. The Balaban J connectivity index is 0.00000140. The largest absolute Gasteiger partial charge is 0.423 e. The van der Waals surface area contributed by atoms with Crippen LogP contribution in [0.25, 0.3) is 11.0 Å². The number of nitrogens with zero attached hydrogens (tertiary/aromatic N) is 1. The molecule has 1 aromatic heterocycles. The van der Waals surface area contributed by atoms with E-state index < -0.39 is 0 Å². The van der Waals surface area contributed by atoms with E-state index in [0.29, 0.717) is 18.7 Å². The molecule has 7 heteroatoms. The molecule has 28 heavy (non-hydrogen) atoms. The molecular formula is C21H30Cl2N2O3. The number of halogens is 2. The lowest BCUT2D eigenvalue weighted by atomic mass is 9.72. The van der Waals surface area contributed by atoms with Crippen LogP contribution in [-0.2, 0) is 6.54 Å². The maximum atomic E-state index is 12.1. The lowest BCUT2D eigenvalue weighted by Gasteiger charge is -2.47. The third kappa shape index (κ3) is 4.71. The maximum Gasteiger partial charge on any atom is 0.336 e. The first-order chi connectivity index (χ1) is 12.4. The molecule has 2 N–H and O–H groups in total. The number of hydrogen-bond donors (Lipinski definition) is 2. The molecule has 2 aliphatic rings. The van der Waals surface area contributed by atoms with Gasteiger partial charge in [-0.2, -0.15) is 0 Å². The first-order valence-corrected chi connectivity index (χ1v) is 9.59. The SMILES string of the molecule is Cc1cc2oc(=O)cc(CN3CC(O)CC4(CCNCC4)C3)c2cc1C.Cl.Cl. The van der Waals surface area contributed by atoms with Gasteiger partial charge in [0.15, 0.2) is 0 Å². The fraction of sp³-hybridized carbons (Fsp3) is 0.571. The zero-order valence-corrected chi connectivity index (χ0v) is 18.1. The summed E-state index contributed by atoms with van der Waals surface area (Å²) >= 11 is 0. The highest BCUT2D eigenvalue weighted by atomic mass is 35.5. The van der Waals surface area contributed by atoms with Crippen molar-refractivity contribution < 1.29 is 9.52 Å². The van der Waals surface area contributed by atoms with Gasteiger partial charge in [-0.1, -0.05) is 0 Å². The number of hydrogen-bond acceptors (Lipinski definition) is 5. The number of aliphatic hydroxyl groups excluding tert-OH is 1. The molecule has 0 bridgehead atoms. The van der Waals surface area contributed by atoms with E-state index in [1.54, 1.807) is 6.07 Å². The van der Waals surface area contributed by atoms with Crippen LogP contribution in [-0.4, -0.2) is 42.3 Å². The summed E-state index contributed by atoms with van der Waals surface area (Å²) in [5.41, 5.74) is 3.87. The van der Waals surface area contributed by atoms with E-state index in [4.69, 9.17) is 4.42 Å². The molecule has 156 valence electrons. The molecular weight excluding hydrogens is 399 g/mol. The Kier molecular flexibility index (Phi) is 7.56. The van der Waals surface area contributed by atoms with Crippen molar-refractivity contribution in [2.45, 2.75) is 45.8 Å². The molecule has 1 aromatic carbocycles. The maximum absolute atomic E-state index is 12.1. The fourth-order valence-electron chi connectivity index (χ4n) is 4.76. The van der Waals surface area contributed by atoms with Crippen LogP contribution < -0.4 is 10.9 Å². The number of aryl methyl sites for hydroxylation is 2. The third-order valence-electron chi connectivity index (χ3n) is 6.20. The molecule has 0 saturated carbocycles. The van der Waals surface area contributed by atoms with E-state index in [2.05, 4.69) is 23.2 Å². The summed E-state index contributed by atoms with van der Waals surface area (Å²) in [5.74, 6) is 0. The monoisotopic (exact) mass is 428 g/mol. The van der Waals surface area contributed by atoms with Crippen LogP contribution in [0.2, 0.25) is 0 Å². The minimum absolute atomic E-state index is 0. The molecule has 2 aromatic rings. The molecule has 0 radical (unpaired) electrons. The number of piperidine rings is 2. The summed E-state index contributed by atoms with van der Waals surface area (Å²) in [7, 11) is 0. The van der Waals surface area contributed by atoms with Gasteiger partial charge >= 0.3 is 5.63 Å². The van der Waals surface area contributed by atoms with Gasteiger partial charge in [-0.05, 0) is 80.4 Å². The summed E-state index contributed by atoms with van der Waals surface area (Å²) in [4.78, 5) is 14.4. The highest BCUT2D eigenvalue weighted by Crippen LogP contribution is 2.38. The normalized spacial score (nSPS) is 21.9. The number of aliphatic hydroxyl groups is 1. The fourth-order valence-corrected chi connectivity index (χ4v) is 4.76. The number of fused-ring (bicyclic) bond motifs is 1. The van der Waals surface area contributed by atoms with Gasteiger partial charge in [-0.3, -0.25) is 4.90 Å². The van der Waals surface area contributed by atoms with Crippen molar-refractivity contribution in [2.24, 2.45) is 5.41 Å². The molecule has 2 aliphatic heterocycles. The lowest BCUT2D eigenvalue weighted by molar-refractivity contribution is -0.0277. The molecule has 1 atom stereocenters. The number of β-amino-alcohol motifs (C(OH)–C–C–N with tert-alkyl or cyclic N) is 1. The summed E-state index contributed by atoms with van der Waals surface area (Å²) in [5, 5.41) is 14.9. The van der Waals surface area contributed by atoms with Crippen LogP contribution in [0.1, 0.15) is 36.0 Å². The Bertz CT molecular complexity index is 878. The highest BCUT2D eigenvalue weighted by molar-refractivity contribution is 5.85. The molecule has 1 unspecified atom stereocenters. The minimum Gasteiger partial charge on any atom is -0.423 e. The van der Waals surface area contributed by atoms with Crippen LogP contribution in [0.5, 0.6) is 0 Å². The van der Waals surface area contributed by atoms with Crippen LogP contribution in [0.15, 0.2) is 27.4 Å². The zero-order chi connectivity index (χ0) is 18.3. The summed E-state index contributed by atoms with van der Waals surface area (Å²) in [6, 6.07) is 5.69. The number of rotatable bonds is 2. The van der Waals surface area contributed by atoms with Crippen molar-refractivity contribution in [3.05, 3.63) is 45.3 Å². The van der Waals surface area contributed by atoms with E-state index in [1.165, 1.54) is 5.56 Å². The van der Waals surface area contributed by atoms with Gasteiger partial charge in [0.2, 0.25) is 0 Å². The van der Waals surface area contributed by atoms with Crippen molar-refractivity contribution in [2.75, 3.05) is 26.2 Å². The Morgan fingerprint density at radius 2 is 1.86 bits per heavy atom. The van der Waals surface area contributed by atoms with Crippen molar-refractivity contribution in [3.8, 4) is 0 Å². The molecule has 1 spiro atoms. The van der Waals surface area contributed by atoms with E-state index in [9.17, 15) is 9.90 Å². The first-order valence-electron chi connectivity index (χ1n) is 9.59. The van der Waals surface area contributed by atoms with E-state index in [0.717, 1.165) is 55.4 Å². The number of likely N-dealkylation sites (tertiary alicyclic amines) is 1. The molecule has 4 rings (SSSR count). The Morgan fingerprint density at radius 1 is 1.18 bits per heavy atom. The Morgan fingerprint density at radius 3 is 2.57 bits per heavy atom. The number of nitrogens with one attached hydrogen (secondary N) is 1. The van der Waals surface area contributed by atoms with Gasteiger partial charge in [0.25, 0.3) is 0 Å². The van der Waals surface area contributed by atoms with Crippen molar-refractivity contribution in [3.63, 3.8) is 0 Å². The minimum atomic E-state index is -0.301. The van der Waals surface area contributed by atoms with E-state index in [1.807, 2.05) is 13.0 Å². The van der Waals surface area contributed by atoms with Crippen LogP contribution in [0, 0.1) is 19.3 Å². The predicted octanol–water partition coefficient (Wildman–Crippen LogP) is 3.19. The number of benzene rings is 1. The molecule has 5 nitrogen and oxygen atoms in total. The Hall–Kier alpha value is -1.11. The van der Waals surface area contributed by atoms with Crippen molar-refractivity contribution in [1.29, 1.82) is 0 Å². The molecule has 2 saturated heterocycles. The van der Waals surface area contributed by atoms with Crippen LogP contribution in [0.4, 0.5) is 0 Å². The van der Waals surface area contributed by atoms with Crippen molar-refractivity contribution >= 4 is 35.8 Å². The molecule has 0 amide bonds. The van der Waals surface area contributed by atoms with Gasteiger partial charge in [0.1, 0.15) is 5.58 Å². The first kappa shape index (κ1) is 23.2. The summed E-state index contributed by atoms with van der Waals surface area (Å²) in [6.45, 7) is 8.49. The predicted molar refractivity (Wildman–Crippen MR) is 117 cm³/mol. The molecule has 0 aliphatic carbocycles. The molecule has 2 fully saturated rings. The molecule has 3 heterocycles. The zero-order valence-electron chi connectivity index (χ0n) is 16.5. The Labute approximate surface area is 178 Å². The quantitative estimate of drug-likeness (QED) is 0.718. The van der Waals surface area contributed by atoms with Crippen molar-refractivity contribution in [1.82, 2.24) is 10.2 Å². The third-order valence-corrected chi connectivity index (χ3v) is 6.20.